The van der Waals surface area contributed by atoms with Crippen molar-refractivity contribution >= 4 is 41.5 Å². The van der Waals surface area contributed by atoms with Gasteiger partial charge in [0.05, 0.1) is 0 Å². The zero-order valence-electron chi connectivity index (χ0n) is 13.4. The van der Waals surface area contributed by atoms with E-state index in [-0.39, 0.29) is 0 Å². The fourth-order valence-corrected chi connectivity index (χ4v) is 4.21. The Kier molecular flexibility index (Phi) is 11.8. The smallest absolute Gasteiger partial charge is 0.0202 e. The zero-order chi connectivity index (χ0) is 15.3. The molecule has 0 radical (unpaired) electrons. The molecule has 1 aliphatic carbocycles. The highest BCUT2D eigenvalue weighted by Crippen LogP contribution is 2.30. The van der Waals surface area contributed by atoms with E-state index in [0.717, 1.165) is 16.2 Å². The predicted molar refractivity (Wildman–Crippen MR) is 107 cm³/mol. The normalized spacial score (nSPS) is 15.0. The van der Waals surface area contributed by atoms with Crippen molar-refractivity contribution in [1.82, 2.24) is 0 Å². The van der Waals surface area contributed by atoms with Gasteiger partial charge in [-0.15, -0.1) is 24.4 Å². The molecular weight excluding hydrogens is 312 g/mol. The van der Waals surface area contributed by atoms with Crippen molar-refractivity contribution < 1.29 is 0 Å². The van der Waals surface area contributed by atoms with Gasteiger partial charge >= 0.3 is 0 Å². The summed E-state index contributed by atoms with van der Waals surface area (Å²) in [6.45, 7) is 2.28. The Hall–Kier alpha value is 0.270. The third kappa shape index (κ3) is 9.80. The minimum absolute atomic E-state index is 0.856. The second-order valence-corrected chi connectivity index (χ2v) is 8.02. The minimum atomic E-state index is 0.856. The van der Waals surface area contributed by atoms with Crippen molar-refractivity contribution in [2.75, 3.05) is 5.75 Å². The van der Waals surface area contributed by atoms with Crippen LogP contribution in [-0.2, 0) is 0 Å². The lowest BCUT2D eigenvalue weighted by atomic mass is 10.1. The number of thiol groups is 1. The first-order valence-corrected chi connectivity index (χ1v) is 10.3. The second kappa shape index (κ2) is 12.8. The van der Waals surface area contributed by atoms with Crippen LogP contribution in [0.15, 0.2) is 22.0 Å². The average molecular weight is 343 g/mol. The van der Waals surface area contributed by atoms with Crippen LogP contribution in [0.5, 0.6) is 0 Å². The van der Waals surface area contributed by atoms with Crippen molar-refractivity contribution in [1.29, 1.82) is 0 Å². The van der Waals surface area contributed by atoms with E-state index in [1.54, 1.807) is 0 Å². The van der Waals surface area contributed by atoms with E-state index in [1.807, 2.05) is 11.8 Å². The number of hydrogen-bond acceptors (Lipinski definition) is 3. The van der Waals surface area contributed by atoms with E-state index in [1.165, 1.54) is 74.9 Å². The topological polar surface area (TPSA) is 0 Å². The Labute approximate surface area is 146 Å². The second-order valence-electron chi connectivity index (χ2n) is 5.82. The van der Waals surface area contributed by atoms with Crippen molar-refractivity contribution in [3.05, 3.63) is 22.0 Å². The molecule has 0 nitrogen and oxygen atoms in total. The quantitative estimate of drug-likeness (QED) is 0.228. The van der Waals surface area contributed by atoms with Crippen molar-refractivity contribution in [2.24, 2.45) is 0 Å². The van der Waals surface area contributed by atoms with Gasteiger partial charge in [-0.2, -0.15) is 0 Å². The number of thioether (sulfide) groups is 1. The molecule has 0 unspecified atom stereocenters. The summed E-state index contributed by atoms with van der Waals surface area (Å²) < 4.78 is 0. The Balaban J connectivity index is 1.90. The van der Waals surface area contributed by atoms with Crippen LogP contribution in [0, 0.1) is 0 Å². The molecule has 0 heterocycles. The van der Waals surface area contributed by atoms with Crippen molar-refractivity contribution in [2.45, 2.75) is 77.6 Å². The van der Waals surface area contributed by atoms with Gasteiger partial charge < -0.3 is 0 Å². The van der Waals surface area contributed by atoms with Crippen molar-refractivity contribution in [3.63, 3.8) is 0 Å². The van der Waals surface area contributed by atoms with Crippen LogP contribution in [-0.4, -0.2) is 10.6 Å². The van der Waals surface area contributed by atoms with Crippen LogP contribution >= 0.6 is 36.6 Å². The molecule has 0 amide bonds. The lowest BCUT2D eigenvalue weighted by molar-refractivity contribution is 0.563. The van der Waals surface area contributed by atoms with Crippen LogP contribution in [0.4, 0.5) is 0 Å². The number of unbranched alkanes of at least 4 members (excludes halogenated alkanes) is 9. The number of rotatable bonds is 12. The lowest BCUT2D eigenvalue weighted by Crippen LogP contribution is -1.97. The maximum atomic E-state index is 5.18. The van der Waals surface area contributed by atoms with Gasteiger partial charge in [-0.05, 0) is 24.3 Å². The summed E-state index contributed by atoms with van der Waals surface area (Å²) in [4.78, 5) is 3.48. The van der Waals surface area contributed by atoms with Crippen LogP contribution in [0.3, 0.4) is 0 Å². The van der Waals surface area contributed by atoms with Crippen LogP contribution < -0.4 is 0 Å². The average Bonchev–Trinajstić information content (AvgIpc) is 2.46. The number of thiocarbonyl (C=S) groups is 1. The van der Waals surface area contributed by atoms with E-state index in [9.17, 15) is 0 Å². The van der Waals surface area contributed by atoms with Gasteiger partial charge in [0.1, 0.15) is 0 Å². The van der Waals surface area contributed by atoms with Crippen LogP contribution in [0.2, 0.25) is 0 Å². The van der Waals surface area contributed by atoms with Crippen LogP contribution in [0.25, 0.3) is 0 Å². The summed E-state index contributed by atoms with van der Waals surface area (Å²) in [6, 6.07) is 0. The summed E-state index contributed by atoms with van der Waals surface area (Å²) in [5, 5.41) is 0. The highest BCUT2D eigenvalue weighted by Gasteiger charge is 2.08. The molecule has 0 saturated carbocycles. The SMILES string of the molecule is CCCCCCCCCCCCSC1=C(S)CC(=S)C=C1. The van der Waals surface area contributed by atoms with E-state index in [2.05, 4.69) is 31.7 Å². The molecule has 0 aromatic heterocycles. The molecule has 21 heavy (non-hydrogen) atoms. The highest BCUT2D eigenvalue weighted by molar-refractivity contribution is 8.04. The molecule has 0 aromatic rings. The summed E-state index contributed by atoms with van der Waals surface area (Å²) in [6.07, 6.45) is 19.1. The standard InChI is InChI=1S/C18H30S3/c1-2-3-4-5-6-7-8-9-10-11-14-21-18-13-12-16(19)15-17(18)20/h12-13,20H,2-11,14-15H2,1H3. The fraction of sp³-hybridized carbons (Fsp3) is 0.722. The van der Waals surface area contributed by atoms with Gasteiger partial charge in [0.2, 0.25) is 0 Å². The summed E-state index contributed by atoms with van der Waals surface area (Å²) in [7, 11) is 0. The first-order chi connectivity index (χ1) is 10.2. The Bertz CT molecular complexity index is 355. The molecule has 0 aromatic carbocycles. The van der Waals surface area contributed by atoms with E-state index in [0.29, 0.717) is 0 Å². The first kappa shape index (κ1) is 19.3. The molecule has 3 heteroatoms. The summed E-state index contributed by atoms with van der Waals surface area (Å²) in [5.41, 5.74) is 0. The lowest BCUT2D eigenvalue weighted by Gasteiger charge is -2.11. The number of allylic oxidation sites excluding steroid dienone is 3. The maximum Gasteiger partial charge on any atom is 0.0202 e. The molecule has 0 atom stereocenters. The Morgan fingerprint density at radius 3 is 2.10 bits per heavy atom. The molecule has 1 aliphatic rings. The van der Waals surface area contributed by atoms with Gasteiger partial charge in [-0.1, -0.05) is 76.9 Å². The molecule has 120 valence electrons. The molecule has 0 spiro atoms. The van der Waals surface area contributed by atoms with E-state index in [4.69, 9.17) is 12.2 Å². The molecule has 0 N–H and O–H groups in total. The van der Waals surface area contributed by atoms with Gasteiger partial charge in [0, 0.05) is 21.1 Å². The maximum absolute atomic E-state index is 5.18. The summed E-state index contributed by atoms with van der Waals surface area (Å²) in [5.74, 6) is 1.22. The predicted octanol–water partition coefficient (Wildman–Crippen LogP) is 7.11. The third-order valence-electron chi connectivity index (χ3n) is 3.80. The van der Waals surface area contributed by atoms with Crippen molar-refractivity contribution in [3.8, 4) is 0 Å². The number of hydrogen-bond donors (Lipinski definition) is 1. The molecule has 0 aliphatic heterocycles. The molecular formula is C18H30S3. The van der Waals surface area contributed by atoms with Gasteiger partial charge in [-0.25, -0.2) is 0 Å². The van der Waals surface area contributed by atoms with E-state index < -0.39 is 0 Å². The van der Waals surface area contributed by atoms with Gasteiger partial charge in [-0.3, -0.25) is 0 Å². The monoisotopic (exact) mass is 342 g/mol. The summed E-state index contributed by atoms with van der Waals surface area (Å²) >= 11 is 11.7. The van der Waals surface area contributed by atoms with Crippen LogP contribution in [0.1, 0.15) is 77.6 Å². The Morgan fingerprint density at radius 2 is 1.52 bits per heavy atom. The molecule has 0 saturated heterocycles. The zero-order valence-corrected chi connectivity index (χ0v) is 15.9. The minimum Gasteiger partial charge on any atom is -0.146 e. The van der Waals surface area contributed by atoms with Gasteiger partial charge in [0.15, 0.2) is 0 Å². The molecule has 0 fully saturated rings. The third-order valence-corrected chi connectivity index (χ3v) is 5.82. The highest BCUT2D eigenvalue weighted by atomic mass is 32.2. The first-order valence-electron chi connectivity index (χ1n) is 8.50. The molecule has 1 rings (SSSR count). The van der Waals surface area contributed by atoms with Gasteiger partial charge in [0.25, 0.3) is 0 Å². The Morgan fingerprint density at radius 1 is 0.952 bits per heavy atom. The fourth-order valence-electron chi connectivity index (χ4n) is 2.48. The van der Waals surface area contributed by atoms with E-state index >= 15 is 0 Å². The largest absolute Gasteiger partial charge is 0.146 e. The molecule has 0 bridgehead atoms.